The van der Waals surface area contributed by atoms with Gasteiger partial charge in [0.2, 0.25) is 5.91 Å². The minimum atomic E-state index is -0.445. The van der Waals surface area contributed by atoms with Crippen LogP contribution in [0.3, 0.4) is 0 Å². The van der Waals surface area contributed by atoms with E-state index in [9.17, 15) is 9.59 Å². The van der Waals surface area contributed by atoms with Crippen LogP contribution in [0.1, 0.15) is 19.8 Å². The first-order chi connectivity index (χ1) is 7.01. The molecule has 0 aromatic carbocycles. The maximum atomic E-state index is 11.5. The van der Waals surface area contributed by atoms with Crippen LogP contribution >= 0.6 is 12.2 Å². The predicted molar refractivity (Wildman–Crippen MR) is 60.3 cm³/mol. The van der Waals surface area contributed by atoms with Crippen molar-refractivity contribution < 1.29 is 14.3 Å². The van der Waals surface area contributed by atoms with E-state index in [0.29, 0.717) is 6.54 Å². The van der Waals surface area contributed by atoms with Crippen LogP contribution in [0.2, 0.25) is 0 Å². The molecular weight excluding hydrogens is 216 g/mol. The summed E-state index contributed by atoms with van der Waals surface area (Å²) in [5.41, 5.74) is 5.26. The maximum Gasteiger partial charge on any atom is 0.325 e. The average Bonchev–Trinajstić information content (AvgIpc) is 2.15. The summed E-state index contributed by atoms with van der Waals surface area (Å²) in [7, 11) is 1.28. The predicted octanol–water partition coefficient (Wildman–Crippen LogP) is 0.0742. The van der Waals surface area contributed by atoms with Crippen LogP contribution in [0.4, 0.5) is 0 Å². The number of hydrogen-bond acceptors (Lipinski definition) is 4. The molecule has 86 valence electrons. The standard InChI is InChI=1S/C9H16N2O3S/c1-3-4-11(6-9(13)14-2)8(12)5-7(10)15/h3-6H2,1-2H3,(H2,10,15). The fourth-order valence-electron chi connectivity index (χ4n) is 1.04. The highest BCUT2D eigenvalue weighted by molar-refractivity contribution is 7.80. The van der Waals surface area contributed by atoms with Crippen LogP contribution in [-0.2, 0) is 14.3 Å². The minimum Gasteiger partial charge on any atom is -0.468 e. The number of rotatable bonds is 6. The lowest BCUT2D eigenvalue weighted by Gasteiger charge is -2.20. The Morgan fingerprint density at radius 3 is 2.47 bits per heavy atom. The summed E-state index contributed by atoms with van der Waals surface area (Å²) < 4.78 is 4.49. The van der Waals surface area contributed by atoms with E-state index in [1.54, 1.807) is 0 Å². The zero-order valence-electron chi connectivity index (χ0n) is 8.99. The Labute approximate surface area is 94.6 Å². The number of hydrogen-bond donors (Lipinski definition) is 1. The van der Waals surface area contributed by atoms with E-state index in [-0.39, 0.29) is 23.9 Å². The highest BCUT2D eigenvalue weighted by Crippen LogP contribution is 1.97. The highest BCUT2D eigenvalue weighted by atomic mass is 32.1. The van der Waals surface area contributed by atoms with Crippen LogP contribution in [0, 0.1) is 0 Å². The zero-order chi connectivity index (χ0) is 11.8. The van der Waals surface area contributed by atoms with E-state index < -0.39 is 5.97 Å². The smallest absolute Gasteiger partial charge is 0.325 e. The second-order valence-electron chi connectivity index (χ2n) is 3.03. The zero-order valence-corrected chi connectivity index (χ0v) is 9.80. The largest absolute Gasteiger partial charge is 0.468 e. The Bertz CT molecular complexity index is 256. The van der Waals surface area contributed by atoms with Gasteiger partial charge in [0.1, 0.15) is 6.54 Å². The van der Waals surface area contributed by atoms with Crippen molar-refractivity contribution in [1.29, 1.82) is 0 Å². The Balaban J connectivity index is 4.30. The van der Waals surface area contributed by atoms with Crippen molar-refractivity contribution in [3.05, 3.63) is 0 Å². The van der Waals surface area contributed by atoms with Gasteiger partial charge < -0.3 is 15.4 Å². The third-order valence-corrected chi connectivity index (χ3v) is 1.86. The van der Waals surface area contributed by atoms with Crippen LogP contribution in [0.15, 0.2) is 0 Å². The molecule has 0 rings (SSSR count). The van der Waals surface area contributed by atoms with E-state index in [1.165, 1.54) is 12.0 Å². The van der Waals surface area contributed by atoms with Crippen molar-refractivity contribution >= 4 is 29.1 Å². The van der Waals surface area contributed by atoms with Crippen molar-refractivity contribution in [1.82, 2.24) is 4.90 Å². The molecule has 1 amide bonds. The maximum absolute atomic E-state index is 11.5. The second-order valence-corrected chi connectivity index (χ2v) is 3.56. The summed E-state index contributed by atoms with van der Waals surface area (Å²) in [5.74, 6) is -0.686. The second kappa shape index (κ2) is 7.17. The number of nitrogens with zero attached hydrogens (tertiary/aromatic N) is 1. The van der Waals surface area contributed by atoms with Crippen LogP contribution in [-0.4, -0.2) is 42.0 Å². The molecule has 0 bridgehead atoms. The van der Waals surface area contributed by atoms with Gasteiger partial charge in [0.05, 0.1) is 18.5 Å². The number of carbonyl (C=O) groups excluding carboxylic acids is 2. The number of methoxy groups -OCH3 is 1. The van der Waals surface area contributed by atoms with Crippen molar-refractivity contribution in [2.45, 2.75) is 19.8 Å². The molecule has 0 spiro atoms. The molecule has 15 heavy (non-hydrogen) atoms. The molecule has 0 aromatic heterocycles. The van der Waals surface area contributed by atoms with Crippen LogP contribution in [0.5, 0.6) is 0 Å². The molecule has 0 heterocycles. The lowest BCUT2D eigenvalue weighted by Crippen LogP contribution is -2.38. The van der Waals surface area contributed by atoms with Gasteiger partial charge in [0.15, 0.2) is 0 Å². The molecule has 0 radical (unpaired) electrons. The van der Waals surface area contributed by atoms with E-state index in [2.05, 4.69) is 17.0 Å². The minimum absolute atomic E-state index is 0.00761. The number of carbonyl (C=O) groups is 2. The van der Waals surface area contributed by atoms with E-state index in [4.69, 9.17) is 5.73 Å². The number of esters is 1. The molecule has 0 saturated heterocycles. The molecule has 0 aliphatic heterocycles. The lowest BCUT2D eigenvalue weighted by atomic mass is 10.3. The van der Waals surface area contributed by atoms with Gasteiger partial charge in [-0.05, 0) is 6.42 Å². The van der Waals surface area contributed by atoms with Crippen molar-refractivity contribution in [2.75, 3.05) is 20.2 Å². The normalized spacial score (nSPS) is 9.47. The quantitative estimate of drug-likeness (QED) is 0.518. The van der Waals surface area contributed by atoms with Gasteiger partial charge in [-0.1, -0.05) is 19.1 Å². The third kappa shape index (κ3) is 6.01. The summed E-state index contributed by atoms with van der Waals surface area (Å²) in [4.78, 5) is 24.1. The van der Waals surface area contributed by atoms with Gasteiger partial charge >= 0.3 is 5.97 Å². The molecule has 0 saturated carbocycles. The van der Waals surface area contributed by atoms with Gasteiger partial charge in [-0.3, -0.25) is 9.59 Å². The first kappa shape index (κ1) is 13.8. The topological polar surface area (TPSA) is 72.6 Å². The molecular formula is C9H16N2O3S. The number of ether oxygens (including phenoxy) is 1. The van der Waals surface area contributed by atoms with Gasteiger partial charge in [-0.2, -0.15) is 0 Å². The molecule has 0 atom stereocenters. The van der Waals surface area contributed by atoms with Gasteiger partial charge in [-0.15, -0.1) is 0 Å². The Morgan fingerprint density at radius 2 is 2.07 bits per heavy atom. The summed E-state index contributed by atoms with van der Waals surface area (Å²) in [5, 5.41) is 0. The fraction of sp³-hybridized carbons (Fsp3) is 0.667. The van der Waals surface area contributed by atoms with E-state index in [1.807, 2.05) is 6.92 Å². The third-order valence-electron chi connectivity index (χ3n) is 1.72. The van der Waals surface area contributed by atoms with Gasteiger partial charge in [0, 0.05) is 6.54 Å². The summed E-state index contributed by atoms with van der Waals surface area (Å²) >= 11 is 4.63. The molecule has 0 aliphatic carbocycles. The number of thiocarbonyl (C=S) groups is 1. The SMILES string of the molecule is CCCN(CC(=O)OC)C(=O)CC(N)=S. The van der Waals surface area contributed by atoms with E-state index in [0.717, 1.165) is 6.42 Å². The molecule has 5 nitrogen and oxygen atoms in total. The molecule has 0 unspecified atom stereocenters. The number of amides is 1. The van der Waals surface area contributed by atoms with Crippen molar-refractivity contribution in [2.24, 2.45) is 5.73 Å². The fourth-order valence-corrected chi connectivity index (χ4v) is 1.17. The highest BCUT2D eigenvalue weighted by Gasteiger charge is 2.16. The monoisotopic (exact) mass is 232 g/mol. The summed E-state index contributed by atoms with van der Waals surface area (Å²) in [6, 6.07) is 0. The first-order valence-electron chi connectivity index (χ1n) is 4.64. The molecule has 2 N–H and O–H groups in total. The molecule has 0 aliphatic rings. The molecule has 0 aromatic rings. The van der Waals surface area contributed by atoms with Crippen molar-refractivity contribution in [3.63, 3.8) is 0 Å². The van der Waals surface area contributed by atoms with Crippen molar-refractivity contribution in [3.8, 4) is 0 Å². The Hall–Kier alpha value is -1.17. The van der Waals surface area contributed by atoms with Gasteiger partial charge in [-0.25, -0.2) is 0 Å². The first-order valence-corrected chi connectivity index (χ1v) is 5.05. The summed E-state index contributed by atoms with van der Waals surface area (Å²) in [6.45, 7) is 2.36. The van der Waals surface area contributed by atoms with Crippen LogP contribution < -0.4 is 5.73 Å². The van der Waals surface area contributed by atoms with E-state index >= 15 is 0 Å². The molecule has 0 fully saturated rings. The Kier molecular flexibility index (Phi) is 6.61. The number of nitrogens with two attached hydrogens (primary N) is 1. The summed E-state index contributed by atoms with van der Waals surface area (Å²) in [6.07, 6.45) is 0.756. The lowest BCUT2D eigenvalue weighted by molar-refractivity contribution is -0.146. The van der Waals surface area contributed by atoms with Crippen LogP contribution in [0.25, 0.3) is 0 Å². The average molecular weight is 232 g/mol. The Morgan fingerprint density at radius 1 is 1.47 bits per heavy atom. The van der Waals surface area contributed by atoms with Gasteiger partial charge in [0.25, 0.3) is 0 Å². The molecule has 6 heteroatoms.